The molecule has 0 atom stereocenters. The first-order valence-electron chi connectivity index (χ1n) is 19.7. The maximum atomic E-state index is 7.01. The average molecular weight is 743 g/mol. The molecule has 3 aromatic heterocycles. The standard InChI is InChI=1S/C54H34N2O2/c1-3-15-35(16-4-1)40-22-12-24-45-46-26-14-29-49(54(46)58-52(40)45)55(48-28-13-25-44-42-20-8-10-30-50(42)57-53(44)48)38-33-31-36(32-34-38)39-21-11-23-43-41-19-7-9-27-47(41)56(51(39)43)37-17-5-2-6-18-37/h1-34H. The van der Waals surface area contributed by atoms with Gasteiger partial charge in [0.05, 0.1) is 22.4 Å². The molecule has 58 heavy (non-hydrogen) atoms. The van der Waals surface area contributed by atoms with Crippen molar-refractivity contribution in [3.63, 3.8) is 0 Å². The zero-order chi connectivity index (χ0) is 38.2. The fourth-order valence-electron chi connectivity index (χ4n) is 9.03. The van der Waals surface area contributed by atoms with Crippen molar-refractivity contribution < 1.29 is 8.83 Å². The number of fused-ring (bicyclic) bond motifs is 9. The van der Waals surface area contributed by atoms with Crippen LogP contribution in [-0.4, -0.2) is 4.57 Å². The van der Waals surface area contributed by atoms with Crippen LogP contribution in [0, 0.1) is 0 Å². The van der Waals surface area contributed by atoms with Gasteiger partial charge in [-0.25, -0.2) is 0 Å². The van der Waals surface area contributed by atoms with E-state index in [9.17, 15) is 0 Å². The maximum absolute atomic E-state index is 7.01. The van der Waals surface area contributed by atoms with Crippen LogP contribution in [0.3, 0.4) is 0 Å². The van der Waals surface area contributed by atoms with E-state index in [4.69, 9.17) is 8.83 Å². The van der Waals surface area contributed by atoms with E-state index in [2.05, 4.69) is 198 Å². The molecule has 0 saturated carbocycles. The lowest BCUT2D eigenvalue weighted by molar-refractivity contribution is 0.666. The lowest BCUT2D eigenvalue weighted by Gasteiger charge is -2.26. The summed E-state index contributed by atoms with van der Waals surface area (Å²) in [5, 5.41) is 6.76. The van der Waals surface area contributed by atoms with Crippen LogP contribution < -0.4 is 4.90 Å². The Kier molecular flexibility index (Phi) is 7.20. The fourth-order valence-corrected chi connectivity index (χ4v) is 9.03. The molecule has 0 aliphatic carbocycles. The van der Waals surface area contributed by atoms with E-state index >= 15 is 0 Å². The van der Waals surface area contributed by atoms with Gasteiger partial charge in [-0.15, -0.1) is 0 Å². The van der Waals surface area contributed by atoms with Crippen molar-refractivity contribution in [1.82, 2.24) is 4.57 Å². The number of furan rings is 2. The molecule has 0 fully saturated rings. The van der Waals surface area contributed by atoms with Gasteiger partial charge in [-0.3, -0.25) is 0 Å². The summed E-state index contributed by atoms with van der Waals surface area (Å²) in [5.74, 6) is 0. The van der Waals surface area contributed by atoms with Crippen molar-refractivity contribution in [2.24, 2.45) is 0 Å². The second-order valence-electron chi connectivity index (χ2n) is 14.8. The molecule has 0 saturated heterocycles. The molecule has 4 heteroatoms. The molecule has 0 bridgehead atoms. The second kappa shape index (κ2) is 12.9. The van der Waals surface area contributed by atoms with Gasteiger partial charge in [0.2, 0.25) is 0 Å². The van der Waals surface area contributed by atoms with Crippen molar-refractivity contribution in [2.45, 2.75) is 0 Å². The third-order valence-corrected chi connectivity index (χ3v) is 11.6. The molecule has 12 aromatic rings. The monoisotopic (exact) mass is 742 g/mol. The molecule has 0 N–H and O–H groups in total. The summed E-state index contributed by atoms with van der Waals surface area (Å²) >= 11 is 0. The first-order chi connectivity index (χ1) is 28.8. The Morgan fingerprint density at radius 1 is 0.345 bits per heavy atom. The van der Waals surface area contributed by atoms with E-state index < -0.39 is 0 Å². The zero-order valence-electron chi connectivity index (χ0n) is 31.3. The van der Waals surface area contributed by atoms with E-state index in [-0.39, 0.29) is 0 Å². The number of anilines is 3. The summed E-state index contributed by atoms with van der Waals surface area (Å²) in [7, 11) is 0. The molecule has 9 aromatic carbocycles. The van der Waals surface area contributed by atoms with Gasteiger partial charge >= 0.3 is 0 Å². The van der Waals surface area contributed by atoms with Crippen molar-refractivity contribution in [3.8, 4) is 27.9 Å². The Morgan fingerprint density at radius 2 is 0.879 bits per heavy atom. The van der Waals surface area contributed by atoms with Crippen LogP contribution in [0.4, 0.5) is 17.1 Å². The van der Waals surface area contributed by atoms with Gasteiger partial charge in [-0.05, 0) is 59.7 Å². The molecule has 12 rings (SSSR count). The zero-order valence-corrected chi connectivity index (χ0v) is 31.3. The molecule has 0 aliphatic heterocycles. The Balaban J connectivity index is 1.09. The average Bonchev–Trinajstić information content (AvgIpc) is 3.98. The summed E-state index contributed by atoms with van der Waals surface area (Å²) in [4.78, 5) is 2.29. The normalized spacial score (nSPS) is 11.8. The van der Waals surface area contributed by atoms with Crippen LogP contribution >= 0.6 is 0 Å². The van der Waals surface area contributed by atoms with Crippen LogP contribution in [0.25, 0.3) is 93.6 Å². The number of rotatable bonds is 6. The fraction of sp³-hybridized carbons (Fsp3) is 0. The highest BCUT2D eigenvalue weighted by molar-refractivity contribution is 6.16. The predicted octanol–water partition coefficient (Wildman–Crippen LogP) is 15.4. The van der Waals surface area contributed by atoms with Crippen molar-refractivity contribution in [3.05, 3.63) is 206 Å². The Hall–Kier alpha value is -7.82. The number of hydrogen-bond donors (Lipinski definition) is 0. The molecule has 3 heterocycles. The molecule has 0 radical (unpaired) electrons. The summed E-state index contributed by atoms with van der Waals surface area (Å²) in [6.45, 7) is 0. The molecular formula is C54H34N2O2. The third-order valence-electron chi connectivity index (χ3n) is 11.6. The Morgan fingerprint density at radius 3 is 1.64 bits per heavy atom. The minimum atomic E-state index is 0.815. The summed E-state index contributed by atoms with van der Waals surface area (Å²) < 4.78 is 16.1. The van der Waals surface area contributed by atoms with Crippen LogP contribution in [0.2, 0.25) is 0 Å². The van der Waals surface area contributed by atoms with Crippen LogP contribution in [0.5, 0.6) is 0 Å². The van der Waals surface area contributed by atoms with Crippen molar-refractivity contribution >= 4 is 82.7 Å². The second-order valence-corrected chi connectivity index (χ2v) is 14.8. The van der Waals surface area contributed by atoms with Gasteiger partial charge in [0.15, 0.2) is 11.2 Å². The van der Waals surface area contributed by atoms with Gasteiger partial charge in [0, 0.05) is 54.8 Å². The van der Waals surface area contributed by atoms with Crippen LogP contribution in [0.1, 0.15) is 0 Å². The first kappa shape index (κ1) is 32.4. The van der Waals surface area contributed by atoms with Crippen molar-refractivity contribution in [2.75, 3.05) is 4.90 Å². The topological polar surface area (TPSA) is 34.5 Å². The van der Waals surface area contributed by atoms with Gasteiger partial charge in [0.25, 0.3) is 0 Å². The maximum Gasteiger partial charge on any atom is 0.159 e. The Labute approximate surface area is 334 Å². The number of para-hydroxylation sites is 7. The highest BCUT2D eigenvalue weighted by atomic mass is 16.3. The van der Waals surface area contributed by atoms with Crippen molar-refractivity contribution in [1.29, 1.82) is 0 Å². The molecule has 0 unspecified atom stereocenters. The summed E-state index contributed by atoms with van der Waals surface area (Å²) in [6, 6.07) is 72.9. The van der Waals surface area contributed by atoms with Crippen LogP contribution in [-0.2, 0) is 0 Å². The molecule has 0 spiro atoms. The van der Waals surface area contributed by atoms with Crippen LogP contribution in [0.15, 0.2) is 215 Å². The van der Waals surface area contributed by atoms with Gasteiger partial charge in [0.1, 0.15) is 11.2 Å². The van der Waals surface area contributed by atoms with Gasteiger partial charge in [-0.2, -0.15) is 0 Å². The molecule has 0 aliphatic rings. The van der Waals surface area contributed by atoms with E-state index in [0.29, 0.717) is 0 Å². The quantitative estimate of drug-likeness (QED) is 0.170. The minimum Gasteiger partial charge on any atom is -0.454 e. The van der Waals surface area contributed by atoms with E-state index in [1.165, 1.54) is 27.4 Å². The highest BCUT2D eigenvalue weighted by Gasteiger charge is 2.24. The van der Waals surface area contributed by atoms with E-state index in [0.717, 1.165) is 83.3 Å². The summed E-state index contributed by atoms with van der Waals surface area (Å²) in [6.07, 6.45) is 0. The smallest absolute Gasteiger partial charge is 0.159 e. The molecule has 0 amide bonds. The highest BCUT2D eigenvalue weighted by Crippen LogP contribution is 2.47. The minimum absolute atomic E-state index is 0.815. The third kappa shape index (κ3) is 4.88. The number of benzene rings is 9. The molecular weight excluding hydrogens is 709 g/mol. The lowest BCUT2D eigenvalue weighted by Crippen LogP contribution is -2.10. The number of aromatic nitrogens is 1. The van der Waals surface area contributed by atoms with Gasteiger partial charge in [-0.1, -0.05) is 158 Å². The van der Waals surface area contributed by atoms with E-state index in [1.807, 2.05) is 18.2 Å². The lowest BCUT2D eigenvalue weighted by atomic mass is 10.0. The van der Waals surface area contributed by atoms with E-state index in [1.54, 1.807) is 0 Å². The summed E-state index contributed by atoms with van der Waals surface area (Å²) in [5.41, 5.74) is 14.2. The predicted molar refractivity (Wildman–Crippen MR) is 241 cm³/mol. The SMILES string of the molecule is c1ccc(-c2cccc3c2oc2c(N(c4ccc(-c5cccc6c7ccccc7n(-c7ccccc7)c56)cc4)c4cccc5c4oc4ccccc45)cccc23)cc1. The van der Waals surface area contributed by atoms with Gasteiger partial charge < -0.3 is 18.3 Å². The number of nitrogens with zero attached hydrogens (tertiary/aromatic N) is 2. The first-order valence-corrected chi connectivity index (χ1v) is 19.7. The Bertz CT molecular complexity index is 3500. The largest absolute Gasteiger partial charge is 0.454 e. The molecule has 272 valence electrons. The molecule has 4 nitrogen and oxygen atoms in total. The number of hydrogen-bond acceptors (Lipinski definition) is 3.